The van der Waals surface area contributed by atoms with Crippen LogP contribution in [0.2, 0.25) is 0 Å². The van der Waals surface area contributed by atoms with Gasteiger partial charge in [-0.3, -0.25) is 0 Å². The normalized spacial score (nSPS) is 20.1. The molecule has 0 fully saturated rings. The van der Waals surface area contributed by atoms with Gasteiger partial charge in [0.2, 0.25) is 0 Å². The molecule has 0 aromatic heterocycles. The van der Waals surface area contributed by atoms with Crippen LogP contribution in [-0.4, -0.2) is 0 Å². The smallest absolute Gasteiger partial charge is 0.0458 e. The van der Waals surface area contributed by atoms with Gasteiger partial charge in [-0.1, -0.05) is 157 Å². The molecule has 1 nitrogen and oxygen atoms in total. The molecule has 0 heterocycles. The molecule has 0 saturated heterocycles. The predicted octanol–water partition coefficient (Wildman–Crippen LogP) is 15.4. The summed E-state index contributed by atoms with van der Waals surface area (Å²) in [4.78, 5) is 2.36. The van der Waals surface area contributed by atoms with Gasteiger partial charge in [-0.2, -0.15) is 0 Å². The van der Waals surface area contributed by atoms with Gasteiger partial charge < -0.3 is 4.90 Å². The maximum absolute atomic E-state index is 4.74. The molecule has 0 bridgehead atoms. The number of nitrogens with zero attached hydrogens (tertiary/aromatic N) is 1. The highest BCUT2D eigenvalue weighted by atomic mass is 15.1. The number of allylic oxidation sites excluding steroid dienone is 16. The first-order valence-electron chi connectivity index (χ1n) is 20.8. The van der Waals surface area contributed by atoms with Crippen molar-refractivity contribution in [3.8, 4) is 11.1 Å². The van der Waals surface area contributed by atoms with Crippen molar-refractivity contribution in [1.29, 1.82) is 0 Å². The Morgan fingerprint density at radius 3 is 2.23 bits per heavy atom. The monoisotopic (exact) mass is 743 g/mol. The lowest BCUT2D eigenvalue weighted by molar-refractivity contribution is 0.515. The van der Waals surface area contributed by atoms with Crippen LogP contribution in [-0.2, 0) is 16.2 Å². The van der Waals surface area contributed by atoms with E-state index in [1.807, 2.05) is 0 Å². The Kier molecular flexibility index (Phi) is 10.1. The number of hydrogen-bond donors (Lipinski definition) is 0. The van der Waals surface area contributed by atoms with Gasteiger partial charge in [0, 0.05) is 28.4 Å². The van der Waals surface area contributed by atoms with Crippen LogP contribution in [0.5, 0.6) is 0 Å². The molecule has 0 radical (unpaired) electrons. The van der Waals surface area contributed by atoms with E-state index in [0.29, 0.717) is 0 Å². The molecule has 0 atom stereocenters. The van der Waals surface area contributed by atoms with Gasteiger partial charge >= 0.3 is 0 Å². The molecule has 0 unspecified atom stereocenters. The number of rotatable bonds is 8. The number of anilines is 2. The van der Waals surface area contributed by atoms with Crippen LogP contribution < -0.4 is 4.90 Å². The van der Waals surface area contributed by atoms with Crippen LogP contribution in [0.1, 0.15) is 108 Å². The van der Waals surface area contributed by atoms with E-state index in [0.717, 1.165) is 42.6 Å². The molecule has 286 valence electrons. The molecular weight excluding hydrogens is 687 g/mol. The van der Waals surface area contributed by atoms with E-state index in [1.165, 1.54) is 66.8 Å². The highest BCUT2D eigenvalue weighted by Gasteiger charge is 2.40. The van der Waals surface area contributed by atoms with Gasteiger partial charge in [-0.15, -0.1) is 0 Å². The molecule has 4 aliphatic rings. The third-order valence-corrected chi connectivity index (χ3v) is 12.8. The van der Waals surface area contributed by atoms with Crippen LogP contribution in [0, 0.1) is 0 Å². The van der Waals surface area contributed by atoms with E-state index >= 15 is 0 Å². The van der Waals surface area contributed by atoms with Gasteiger partial charge in [-0.05, 0) is 153 Å². The minimum absolute atomic E-state index is 0.0305. The maximum atomic E-state index is 4.74. The van der Waals surface area contributed by atoms with Crippen molar-refractivity contribution in [2.24, 2.45) is 0 Å². The van der Waals surface area contributed by atoms with Crippen LogP contribution in [0.25, 0.3) is 22.3 Å². The Morgan fingerprint density at radius 1 is 0.684 bits per heavy atom. The zero-order chi connectivity index (χ0) is 40.0. The fraction of sp³-hybridized carbons (Fsp3) is 0.250. The van der Waals surface area contributed by atoms with Gasteiger partial charge in [0.05, 0.1) is 0 Å². The summed E-state index contributed by atoms with van der Waals surface area (Å²) in [5.41, 5.74) is 19.3. The molecule has 0 N–H and O–H groups in total. The Balaban J connectivity index is 1.15. The third kappa shape index (κ3) is 6.92. The molecule has 0 saturated carbocycles. The molecule has 57 heavy (non-hydrogen) atoms. The fourth-order valence-corrected chi connectivity index (χ4v) is 9.66. The zero-order valence-corrected chi connectivity index (χ0v) is 35.0. The molecule has 0 amide bonds. The lowest BCUT2D eigenvalue weighted by Crippen LogP contribution is -2.26. The highest BCUT2D eigenvalue weighted by Crippen LogP contribution is 2.54. The number of benzene rings is 4. The first-order valence-corrected chi connectivity index (χ1v) is 20.8. The zero-order valence-electron chi connectivity index (χ0n) is 35.0. The lowest BCUT2D eigenvalue weighted by Gasteiger charge is -2.37. The van der Waals surface area contributed by atoms with E-state index < -0.39 is 0 Å². The number of para-hydroxylation sites is 1. The molecule has 4 aromatic carbocycles. The van der Waals surface area contributed by atoms with Crippen molar-refractivity contribution in [2.75, 3.05) is 4.90 Å². The summed E-state index contributed by atoms with van der Waals surface area (Å²) in [6.45, 7) is 21.2. The first kappa shape index (κ1) is 38.2. The van der Waals surface area contributed by atoms with E-state index in [1.54, 1.807) is 0 Å². The summed E-state index contributed by atoms with van der Waals surface area (Å²) in [6.07, 6.45) is 31.3. The van der Waals surface area contributed by atoms with Crippen LogP contribution in [0.3, 0.4) is 0 Å². The molecule has 1 heteroatoms. The highest BCUT2D eigenvalue weighted by molar-refractivity contribution is 5.92. The Hall–Kier alpha value is -5.66. The van der Waals surface area contributed by atoms with Crippen molar-refractivity contribution < 1.29 is 0 Å². The molecule has 8 rings (SSSR count). The van der Waals surface area contributed by atoms with Crippen molar-refractivity contribution in [3.63, 3.8) is 0 Å². The molecular formula is C56H57N. The second-order valence-corrected chi connectivity index (χ2v) is 17.8. The predicted molar refractivity (Wildman–Crippen MR) is 247 cm³/mol. The van der Waals surface area contributed by atoms with E-state index in [2.05, 4.69) is 211 Å². The van der Waals surface area contributed by atoms with Gasteiger partial charge in [0.1, 0.15) is 0 Å². The summed E-state index contributed by atoms with van der Waals surface area (Å²) >= 11 is 0. The van der Waals surface area contributed by atoms with Crippen molar-refractivity contribution in [1.82, 2.24) is 0 Å². The van der Waals surface area contributed by atoms with Gasteiger partial charge in [0.15, 0.2) is 0 Å². The molecule has 4 aliphatic carbocycles. The Bertz CT molecular complexity index is 2490. The average Bonchev–Trinajstić information content (AvgIpc) is 3.54. The van der Waals surface area contributed by atoms with Crippen LogP contribution >= 0.6 is 0 Å². The first-order chi connectivity index (χ1) is 27.4. The number of hydrogen-bond acceptors (Lipinski definition) is 1. The van der Waals surface area contributed by atoms with Gasteiger partial charge in [-0.25, -0.2) is 0 Å². The second kappa shape index (κ2) is 15.0. The Morgan fingerprint density at radius 2 is 1.42 bits per heavy atom. The van der Waals surface area contributed by atoms with E-state index in [4.69, 9.17) is 6.58 Å². The van der Waals surface area contributed by atoms with E-state index in [-0.39, 0.29) is 16.2 Å². The molecule has 0 aliphatic heterocycles. The van der Waals surface area contributed by atoms with Gasteiger partial charge in [0.25, 0.3) is 0 Å². The second-order valence-electron chi connectivity index (χ2n) is 17.8. The third-order valence-electron chi connectivity index (χ3n) is 12.8. The average molecular weight is 744 g/mol. The standard InChI is InChI=1S/C56H57N/c1-9-22-44-48-37-51-47(39(2)41(38-54(51,3)4)26-19-18-25-40-23-14-11-10-12-15-24-40)36-53(48)56(7,8)50(44)33-34-57(42-27-16-13-17-28-42)43-31-32-46-45-29-20-21-30-49(45)55(5,6)52(46)35-43/h9-11,13-14,16-24,26-37H,2,12,15,25,38H2,1,3-8H3/b11-10-,19-18-,22-9-,23-14?,34-33+,40-24?,41-26-. The quantitative estimate of drug-likeness (QED) is 0.174. The lowest BCUT2D eigenvalue weighted by atomic mass is 9.67. The minimum atomic E-state index is -0.223. The molecule has 4 aromatic rings. The minimum Gasteiger partial charge on any atom is -0.317 e. The summed E-state index contributed by atoms with van der Waals surface area (Å²) in [7, 11) is 0. The summed E-state index contributed by atoms with van der Waals surface area (Å²) in [5.74, 6) is 0. The summed E-state index contributed by atoms with van der Waals surface area (Å²) in [6, 6.07) is 31.7. The summed E-state index contributed by atoms with van der Waals surface area (Å²) in [5, 5.41) is 0. The number of fused-ring (bicyclic) bond motifs is 5. The van der Waals surface area contributed by atoms with Crippen molar-refractivity contribution >= 4 is 22.5 Å². The van der Waals surface area contributed by atoms with Crippen LogP contribution in [0.4, 0.5) is 11.4 Å². The maximum Gasteiger partial charge on any atom is 0.0458 e. The SMILES string of the molecule is C=C1/C(=C\C=C/CC2=CCC/C=C\C=C2)CC(C)(C)c2cc3c(cc21)C(C)(C)C(/C=C/N(c1ccccc1)c1ccc2c(c1)C(C)(C)c1ccccc1-2)=C3/C=C\C. The van der Waals surface area contributed by atoms with Crippen LogP contribution in [0.15, 0.2) is 181 Å². The molecule has 0 spiro atoms. The largest absolute Gasteiger partial charge is 0.317 e. The van der Waals surface area contributed by atoms with Crippen molar-refractivity contribution in [3.05, 3.63) is 215 Å². The fourth-order valence-electron chi connectivity index (χ4n) is 9.66. The van der Waals surface area contributed by atoms with Crippen molar-refractivity contribution in [2.45, 2.75) is 90.4 Å². The summed E-state index contributed by atoms with van der Waals surface area (Å²) < 4.78 is 0. The Labute approximate surface area is 342 Å². The van der Waals surface area contributed by atoms with E-state index in [9.17, 15) is 0 Å². The topological polar surface area (TPSA) is 3.24 Å².